The minimum Gasteiger partial charge on any atom is -0.469 e. The Kier molecular flexibility index (Phi) is 1.99. The van der Waals surface area contributed by atoms with E-state index in [0.29, 0.717) is 0 Å². The number of fused-ring (bicyclic) bond motifs is 3. The number of benzene rings is 1. The zero-order valence-corrected chi connectivity index (χ0v) is 9.12. The Balaban J connectivity index is 2.02. The molecule has 1 aliphatic rings. The third-order valence-corrected chi connectivity index (χ3v) is 3.34. The second kappa shape index (κ2) is 3.37. The number of esters is 1. The Morgan fingerprint density at radius 3 is 3.00 bits per heavy atom. The molecule has 0 bridgehead atoms. The quantitative estimate of drug-likeness (QED) is 0.740. The topological polar surface area (TPSA) is 42.1 Å². The summed E-state index contributed by atoms with van der Waals surface area (Å²) in [6, 6.07) is 8.22. The van der Waals surface area contributed by atoms with Crippen molar-refractivity contribution in [3.05, 3.63) is 35.5 Å². The minimum absolute atomic E-state index is 0.00384. The molecule has 82 valence electrons. The number of hydrogen-bond donors (Lipinski definition) is 1. The van der Waals surface area contributed by atoms with E-state index in [1.165, 1.54) is 23.8 Å². The highest BCUT2D eigenvalue weighted by Gasteiger charge is 2.30. The summed E-state index contributed by atoms with van der Waals surface area (Å²) in [5.41, 5.74) is 3.64. The van der Waals surface area contributed by atoms with Crippen LogP contribution in [0.15, 0.2) is 24.3 Å². The fourth-order valence-corrected chi connectivity index (χ4v) is 2.56. The standard InChI is InChI=1S/C13H13NO2/c1-16-13(15)8-6-10-9-4-2-3-5-11(9)14-12(10)7-8/h2-5,8,14H,6-7H2,1H3. The summed E-state index contributed by atoms with van der Waals surface area (Å²) in [5.74, 6) is -0.107. The number of methoxy groups -OCH3 is 1. The molecule has 0 spiro atoms. The fraction of sp³-hybridized carbons (Fsp3) is 0.308. The van der Waals surface area contributed by atoms with E-state index < -0.39 is 0 Å². The number of hydrogen-bond acceptors (Lipinski definition) is 2. The average molecular weight is 215 g/mol. The lowest BCUT2D eigenvalue weighted by Crippen LogP contribution is -2.16. The smallest absolute Gasteiger partial charge is 0.309 e. The number of carbonyl (C=O) groups is 1. The molecule has 1 N–H and O–H groups in total. The molecular weight excluding hydrogens is 202 g/mol. The van der Waals surface area contributed by atoms with E-state index >= 15 is 0 Å². The normalized spacial score (nSPS) is 18.7. The van der Waals surface area contributed by atoms with Crippen LogP contribution in [0.1, 0.15) is 11.3 Å². The molecule has 1 heterocycles. The van der Waals surface area contributed by atoms with Gasteiger partial charge in [-0.3, -0.25) is 4.79 Å². The first kappa shape index (κ1) is 9.46. The van der Waals surface area contributed by atoms with Crippen molar-refractivity contribution < 1.29 is 9.53 Å². The monoisotopic (exact) mass is 215 g/mol. The van der Waals surface area contributed by atoms with Crippen molar-refractivity contribution in [3.63, 3.8) is 0 Å². The summed E-state index contributed by atoms with van der Waals surface area (Å²) >= 11 is 0. The molecule has 3 rings (SSSR count). The largest absolute Gasteiger partial charge is 0.469 e. The number of para-hydroxylation sites is 1. The Morgan fingerprint density at radius 1 is 1.38 bits per heavy atom. The summed E-state index contributed by atoms with van der Waals surface area (Å²) in [4.78, 5) is 14.9. The van der Waals surface area contributed by atoms with Gasteiger partial charge in [0.05, 0.1) is 13.0 Å². The third-order valence-electron chi connectivity index (χ3n) is 3.34. The molecule has 0 amide bonds. The first-order chi connectivity index (χ1) is 7.79. The molecule has 3 nitrogen and oxygen atoms in total. The van der Waals surface area contributed by atoms with Gasteiger partial charge in [-0.15, -0.1) is 0 Å². The van der Waals surface area contributed by atoms with Gasteiger partial charge in [-0.25, -0.2) is 0 Å². The molecule has 1 aromatic heterocycles. The van der Waals surface area contributed by atoms with E-state index in [-0.39, 0.29) is 11.9 Å². The van der Waals surface area contributed by atoms with Gasteiger partial charge in [-0.2, -0.15) is 0 Å². The van der Waals surface area contributed by atoms with Crippen molar-refractivity contribution in [2.24, 2.45) is 5.92 Å². The summed E-state index contributed by atoms with van der Waals surface area (Å²) in [6.07, 6.45) is 1.57. The summed E-state index contributed by atoms with van der Waals surface area (Å²) in [7, 11) is 1.45. The van der Waals surface area contributed by atoms with E-state index in [1.54, 1.807) is 0 Å². The minimum atomic E-state index is -0.103. The summed E-state index contributed by atoms with van der Waals surface area (Å²) in [6.45, 7) is 0. The fourth-order valence-electron chi connectivity index (χ4n) is 2.56. The molecule has 16 heavy (non-hydrogen) atoms. The molecule has 1 aliphatic carbocycles. The molecule has 1 unspecified atom stereocenters. The predicted molar refractivity (Wildman–Crippen MR) is 61.2 cm³/mol. The van der Waals surface area contributed by atoms with Crippen LogP contribution in [-0.4, -0.2) is 18.1 Å². The van der Waals surface area contributed by atoms with Crippen LogP contribution in [-0.2, 0) is 22.4 Å². The SMILES string of the molecule is COC(=O)C1Cc2[nH]c3ccccc3c2C1. The molecule has 2 aromatic rings. The van der Waals surface area contributed by atoms with Crippen molar-refractivity contribution in [1.29, 1.82) is 0 Å². The number of nitrogens with one attached hydrogen (secondary N) is 1. The molecule has 0 aliphatic heterocycles. The molecule has 1 atom stereocenters. The summed E-state index contributed by atoms with van der Waals surface area (Å²) < 4.78 is 4.79. The third kappa shape index (κ3) is 1.24. The van der Waals surface area contributed by atoms with Crippen LogP contribution < -0.4 is 0 Å². The Morgan fingerprint density at radius 2 is 2.19 bits per heavy atom. The molecule has 0 saturated carbocycles. The Labute approximate surface area is 93.4 Å². The van der Waals surface area contributed by atoms with Crippen molar-refractivity contribution in [1.82, 2.24) is 4.98 Å². The molecule has 0 fully saturated rings. The van der Waals surface area contributed by atoms with Gasteiger partial charge in [0.1, 0.15) is 0 Å². The highest BCUT2D eigenvalue weighted by Crippen LogP contribution is 2.33. The van der Waals surface area contributed by atoms with Gasteiger partial charge in [0.2, 0.25) is 0 Å². The van der Waals surface area contributed by atoms with Gasteiger partial charge in [0.25, 0.3) is 0 Å². The van der Waals surface area contributed by atoms with Crippen molar-refractivity contribution in [2.75, 3.05) is 7.11 Å². The average Bonchev–Trinajstić information content (AvgIpc) is 2.85. The van der Waals surface area contributed by atoms with E-state index in [4.69, 9.17) is 4.74 Å². The highest BCUT2D eigenvalue weighted by atomic mass is 16.5. The maximum Gasteiger partial charge on any atom is 0.309 e. The second-order valence-electron chi connectivity index (χ2n) is 4.26. The first-order valence-electron chi connectivity index (χ1n) is 5.46. The van der Waals surface area contributed by atoms with E-state index in [1.807, 2.05) is 12.1 Å². The van der Waals surface area contributed by atoms with Crippen LogP contribution in [0, 0.1) is 5.92 Å². The lowest BCUT2D eigenvalue weighted by Gasteiger charge is -2.05. The summed E-state index contributed by atoms with van der Waals surface area (Å²) in [5, 5.41) is 1.24. The zero-order valence-electron chi connectivity index (χ0n) is 9.12. The van der Waals surface area contributed by atoms with Crippen LogP contribution in [0.3, 0.4) is 0 Å². The highest BCUT2D eigenvalue weighted by molar-refractivity contribution is 5.87. The number of aromatic amines is 1. The van der Waals surface area contributed by atoms with E-state index in [9.17, 15) is 4.79 Å². The molecule has 0 radical (unpaired) electrons. The van der Waals surface area contributed by atoms with Crippen molar-refractivity contribution >= 4 is 16.9 Å². The van der Waals surface area contributed by atoms with Gasteiger partial charge in [-0.05, 0) is 18.1 Å². The lowest BCUT2D eigenvalue weighted by molar-refractivity contribution is -0.145. The maximum absolute atomic E-state index is 11.5. The van der Waals surface area contributed by atoms with Crippen molar-refractivity contribution in [2.45, 2.75) is 12.8 Å². The number of carbonyl (C=O) groups excluding carboxylic acids is 1. The lowest BCUT2D eigenvalue weighted by atomic mass is 10.1. The van der Waals surface area contributed by atoms with E-state index in [2.05, 4.69) is 17.1 Å². The van der Waals surface area contributed by atoms with Gasteiger partial charge in [0.15, 0.2) is 0 Å². The van der Waals surface area contributed by atoms with Gasteiger partial charge in [0, 0.05) is 23.0 Å². The van der Waals surface area contributed by atoms with Crippen molar-refractivity contribution in [3.8, 4) is 0 Å². The first-order valence-corrected chi connectivity index (χ1v) is 5.46. The van der Waals surface area contributed by atoms with Gasteiger partial charge < -0.3 is 9.72 Å². The number of ether oxygens (including phenoxy) is 1. The Hall–Kier alpha value is -1.77. The number of rotatable bonds is 1. The Bertz CT molecular complexity index is 556. The molecule has 1 aromatic carbocycles. The molecule has 0 saturated heterocycles. The number of aromatic nitrogens is 1. The zero-order chi connectivity index (χ0) is 11.1. The van der Waals surface area contributed by atoms with Crippen LogP contribution in [0.4, 0.5) is 0 Å². The van der Waals surface area contributed by atoms with Gasteiger partial charge >= 0.3 is 5.97 Å². The molecule has 3 heteroatoms. The number of H-pyrrole nitrogens is 1. The van der Waals surface area contributed by atoms with Gasteiger partial charge in [-0.1, -0.05) is 18.2 Å². The van der Waals surface area contributed by atoms with Crippen LogP contribution >= 0.6 is 0 Å². The molecular formula is C13H13NO2. The predicted octanol–water partition coefficient (Wildman–Crippen LogP) is 2.06. The van der Waals surface area contributed by atoms with Crippen LogP contribution in [0.5, 0.6) is 0 Å². The second-order valence-corrected chi connectivity index (χ2v) is 4.26. The van der Waals surface area contributed by atoms with Crippen LogP contribution in [0.2, 0.25) is 0 Å². The maximum atomic E-state index is 11.5. The van der Waals surface area contributed by atoms with Crippen LogP contribution in [0.25, 0.3) is 10.9 Å². The van der Waals surface area contributed by atoms with E-state index in [0.717, 1.165) is 18.4 Å².